The second-order valence-electron chi connectivity index (χ2n) is 9.79. The summed E-state index contributed by atoms with van der Waals surface area (Å²) in [4.78, 5) is 8.49. The summed E-state index contributed by atoms with van der Waals surface area (Å²) in [5.74, 6) is -1.43. The van der Waals surface area contributed by atoms with Crippen molar-refractivity contribution in [3.05, 3.63) is 84.1 Å². The number of nitrogens with zero attached hydrogens (tertiary/aromatic N) is 6. The highest BCUT2D eigenvalue weighted by Gasteiger charge is 2.36. The smallest absolute Gasteiger partial charge is 0.137 e. The molecule has 1 aliphatic rings. The number of hydrogen-bond donors (Lipinski definition) is 1. The molecule has 0 radical (unpaired) electrons. The van der Waals surface area contributed by atoms with Crippen LogP contribution in [-0.2, 0) is 18.7 Å². The third kappa shape index (κ3) is 5.48. The standard InChI is InChI=1S/C27H32F2N6O/c1-21-3-6-26-22(15-21)7-10-34(26)9-2-8-32-11-13-33(14-12-32)17-27(36,18-35-20-30-19-31-35)24-5-4-23(28)16-25(24)29/h3-7,10,15-16,19-20,36H,2,8-9,11-14,17-18H2,1H3. The van der Waals surface area contributed by atoms with Crippen molar-refractivity contribution in [1.82, 2.24) is 29.1 Å². The number of piperazine rings is 1. The molecule has 1 aliphatic heterocycles. The number of rotatable bonds is 9. The molecule has 2 aromatic carbocycles. The molecule has 1 unspecified atom stereocenters. The van der Waals surface area contributed by atoms with E-state index in [1.165, 1.54) is 45.9 Å². The molecule has 0 bridgehead atoms. The number of halogens is 2. The van der Waals surface area contributed by atoms with E-state index in [1.54, 1.807) is 0 Å². The van der Waals surface area contributed by atoms with E-state index in [2.05, 4.69) is 61.8 Å². The van der Waals surface area contributed by atoms with E-state index >= 15 is 0 Å². The van der Waals surface area contributed by atoms with Crippen molar-refractivity contribution in [3.63, 3.8) is 0 Å². The van der Waals surface area contributed by atoms with Gasteiger partial charge in [-0.1, -0.05) is 17.7 Å². The Balaban J connectivity index is 1.17. The van der Waals surface area contributed by atoms with Gasteiger partial charge in [-0.3, -0.25) is 4.90 Å². The molecule has 1 N–H and O–H groups in total. The van der Waals surface area contributed by atoms with Crippen LogP contribution in [0.5, 0.6) is 0 Å². The normalized spacial score (nSPS) is 17.0. The predicted octanol–water partition coefficient (Wildman–Crippen LogP) is 3.42. The van der Waals surface area contributed by atoms with Gasteiger partial charge in [-0.2, -0.15) is 5.10 Å². The number of benzene rings is 2. The van der Waals surface area contributed by atoms with E-state index in [-0.39, 0.29) is 18.7 Å². The summed E-state index contributed by atoms with van der Waals surface area (Å²) in [6, 6.07) is 12.0. The molecular formula is C27H32F2N6O. The zero-order valence-corrected chi connectivity index (χ0v) is 20.5. The van der Waals surface area contributed by atoms with Crippen LogP contribution in [-0.4, -0.2) is 73.5 Å². The van der Waals surface area contributed by atoms with E-state index in [1.807, 2.05) is 0 Å². The Labute approximate surface area is 209 Å². The van der Waals surface area contributed by atoms with E-state index in [0.29, 0.717) is 0 Å². The lowest BCUT2D eigenvalue weighted by molar-refractivity contribution is -0.0319. The van der Waals surface area contributed by atoms with Gasteiger partial charge in [0.25, 0.3) is 0 Å². The van der Waals surface area contributed by atoms with Crippen LogP contribution in [0.3, 0.4) is 0 Å². The topological polar surface area (TPSA) is 62.4 Å². The number of aromatic nitrogens is 4. The summed E-state index contributed by atoms with van der Waals surface area (Å²) in [5, 5.41) is 16.9. The van der Waals surface area contributed by atoms with Gasteiger partial charge in [0.2, 0.25) is 0 Å². The maximum Gasteiger partial charge on any atom is 0.137 e. The van der Waals surface area contributed by atoms with Crippen molar-refractivity contribution in [2.24, 2.45) is 0 Å². The van der Waals surface area contributed by atoms with E-state index in [0.717, 1.165) is 51.8 Å². The molecule has 7 nitrogen and oxygen atoms in total. The van der Waals surface area contributed by atoms with Gasteiger partial charge in [-0.25, -0.2) is 18.4 Å². The van der Waals surface area contributed by atoms with Crippen LogP contribution in [0.1, 0.15) is 17.5 Å². The largest absolute Gasteiger partial charge is 0.382 e. The number of β-amino-alcohol motifs (C(OH)–C–C–N with tert-alkyl or cyclic N) is 1. The number of aliphatic hydroxyl groups is 1. The average molecular weight is 495 g/mol. The van der Waals surface area contributed by atoms with E-state index in [9.17, 15) is 13.9 Å². The Morgan fingerprint density at radius 3 is 2.50 bits per heavy atom. The Kier molecular flexibility index (Phi) is 7.13. The third-order valence-corrected chi connectivity index (χ3v) is 7.07. The van der Waals surface area contributed by atoms with Crippen molar-refractivity contribution < 1.29 is 13.9 Å². The number of aryl methyl sites for hydroxylation is 2. The summed E-state index contributed by atoms with van der Waals surface area (Å²) in [5.41, 5.74) is 1.04. The lowest BCUT2D eigenvalue weighted by Gasteiger charge is -2.39. The van der Waals surface area contributed by atoms with E-state index in [4.69, 9.17) is 0 Å². The van der Waals surface area contributed by atoms with Crippen LogP contribution in [0.15, 0.2) is 61.3 Å². The number of hydrogen-bond acceptors (Lipinski definition) is 5. The summed E-state index contributed by atoms with van der Waals surface area (Å²) >= 11 is 0. The molecule has 9 heteroatoms. The summed E-state index contributed by atoms with van der Waals surface area (Å²) < 4.78 is 32.0. The zero-order valence-electron chi connectivity index (χ0n) is 20.5. The number of fused-ring (bicyclic) bond motifs is 1. The predicted molar refractivity (Wildman–Crippen MR) is 134 cm³/mol. The van der Waals surface area contributed by atoms with Gasteiger partial charge in [-0.15, -0.1) is 0 Å². The van der Waals surface area contributed by atoms with Gasteiger partial charge in [-0.05, 0) is 49.5 Å². The monoisotopic (exact) mass is 494 g/mol. The molecule has 1 atom stereocenters. The highest BCUT2D eigenvalue weighted by molar-refractivity contribution is 5.80. The van der Waals surface area contributed by atoms with Crippen molar-refractivity contribution in [3.8, 4) is 0 Å². The SMILES string of the molecule is Cc1ccc2c(ccn2CCCN2CCN(CC(O)(Cn3cncn3)c3ccc(F)cc3F)CC2)c1. The molecule has 1 fully saturated rings. The van der Waals surface area contributed by atoms with E-state index < -0.39 is 17.2 Å². The molecular weight excluding hydrogens is 462 g/mol. The van der Waals surface area contributed by atoms with Crippen LogP contribution in [0.25, 0.3) is 10.9 Å². The fourth-order valence-corrected chi connectivity index (χ4v) is 5.19. The first-order chi connectivity index (χ1) is 17.4. The molecule has 5 rings (SSSR count). The van der Waals surface area contributed by atoms with Gasteiger partial charge < -0.3 is 14.6 Å². The molecule has 0 saturated carbocycles. The zero-order chi connectivity index (χ0) is 25.1. The molecule has 0 aliphatic carbocycles. The lowest BCUT2D eigenvalue weighted by atomic mass is 9.92. The van der Waals surface area contributed by atoms with Gasteiger partial charge >= 0.3 is 0 Å². The lowest BCUT2D eigenvalue weighted by Crippen LogP contribution is -2.52. The minimum Gasteiger partial charge on any atom is -0.382 e. The van der Waals surface area contributed by atoms with Crippen LogP contribution >= 0.6 is 0 Å². The van der Waals surface area contributed by atoms with Crippen LogP contribution in [0.4, 0.5) is 8.78 Å². The first-order valence-electron chi connectivity index (χ1n) is 12.4. The Morgan fingerprint density at radius 1 is 0.944 bits per heavy atom. The fourth-order valence-electron chi connectivity index (χ4n) is 5.19. The minimum atomic E-state index is -1.57. The summed E-state index contributed by atoms with van der Waals surface area (Å²) in [6.07, 6.45) is 6.07. The molecule has 0 spiro atoms. The maximum absolute atomic E-state index is 14.7. The van der Waals surface area contributed by atoms with Crippen LogP contribution in [0.2, 0.25) is 0 Å². The minimum absolute atomic E-state index is 0.0279. The van der Waals surface area contributed by atoms with Gasteiger partial charge in [0.15, 0.2) is 0 Å². The summed E-state index contributed by atoms with van der Waals surface area (Å²) in [7, 11) is 0. The highest BCUT2D eigenvalue weighted by Crippen LogP contribution is 2.28. The molecule has 2 aromatic heterocycles. The molecule has 4 aromatic rings. The van der Waals surface area contributed by atoms with Crippen molar-refractivity contribution >= 4 is 10.9 Å². The second kappa shape index (κ2) is 10.5. The Hall–Kier alpha value is -3.14. The molecule has 3 heterocycles. The average Bonchev–Trinajstić information content (AvgIpc) is 3.49. The first kappa shape index (κ1) is 24.5. The molecule has 1 saturated heterocycles. The molecule has 190 valence electrons. The van der Waals surface area contributed by atoms with Crippen LogP contribution in [0, 0.1) is 18.6 Å². The van der Waals surface area contributed by atoms with Crippen molar-refractivity contribution in [2.45, 2.75) is 32.0 Å². The van der Waals surface area contributed by atoms with Gasteiger partial charge in [0, 0.05) is 62.6 Å². The Morgan fingerprint density at radius 2 is 1.75 bits per heavy atom. The van der Waals surface area contributed by atoms with Gasteiger partial charge in [0.1, 0.15) is 29.9 Å². The first-order valence-corrected chi connectivity index (χ1v) is 12.4. The fraction of sp³-hybridized carbons (Fsp3) is 0.407. The summed E-state index contributed by atoms with van der Waals surface area (Å²) in [6.45, 7) is 7.58. The third-order valence-electron chi connectivity index (χ3n) is 7.07. The van der Waals surface area contributed by atoms with Gasteiger partial charge in [0.05, 0.1) is 6.54 Å². The quantitative estimate of drug-likeness (QED) is 0.386. The Bertz CT molecular complexity index is 1300. The highest BCUT2D eigenvalue weighted by atomic mass is 19.1. The second-order valence-corrected chi connectivity index (χ2v) is 9.79. The van der Waals surface area contributed by atoms with Crippen molar-refractivity contribution in [2.75, 3.05) is 39.3 Å². The molecule has 36 heavy (non-hydrogen) atoms. The maximum atomic E-state index is 14.7. The molecule has 0 amide bonds. The van der Waals surface area contributed by atoms with Crippen molar-refractivity contribution in [1.29, 1.82) is 0 Å². The van der Waals surface area contributed by atoms with Crippen LogP contribution < -0.4 is 0 Å².